The summed E-state index contributed by atoms with van der Waals surface area (Å²) in [6, 6.07) is 11.0. The fourth-order valence-corrected chi connectivity index (χ4v) is 2.57. The number of hydrogen-bond donors (Lipinski definition) is 2. The molecule has 0 aliphatic heterocycles. The number of amides is 1. The van der Waals surface area contributed by atoms with Gasteiger partial charge < -0.3 is 10.6 Å². The lowest BCUT2D eigenvalue weighted by molar-refractivity contribution is 0.103. The average Bonchev–Trinajstić information content (AvgIpc) is 3.07. The van der Waals surface area contributed by atoms with Crippen LogP contribution in [0.2, 0.25) is 5.02 Å². The molecule has 0 bridgehead atoms. The first kappa shape index (κ1) is 15.4. The number of anilines is 3. The summed E-state index contributed by atoms with van der Waals surface area (Å²) in [7, 11) is 0. The van der Waals surface area contributed by atoms with Crippen LogP contribution in [0.1, 0.15) is 9.67 Å². The average molecular weight is 349 g/mol. The molecule has 0 atom stereocenters. The Morgan fingerprint density at radius 1 is 1.13 bits per heavy atom. The van der Waals surface area contributed by atoms with Crippen molar-refractivity contribution in [2.24, 2.45) is 0 Å². The molecule has 0 aliphatic rings. The summed E-state index contributed by atoms with van der Waals surface area (Å²) in [6.45, 7) is 0. The largest absolute Gasteiger partial charge is 0.339 e. The Hall–Kier alpha value is -2.51. The number of thiophene rings is 1. The van der Waals surface area contributed by atoms with Gasteiger partial charge in [0.2, 0.25) is 0 Å². The van der Waals surface area contributed by atoms with E-state index in [0.717, 1.165) is 0 Å². The first-order chi connectivity index (χ1) is 11.1. The third kappa shape index (κ3) is 3.82. The highest BCUT2D eigenvalue weighted by molar-refractivity contribution is 7.12. The second-order valence-electron chi connectivity index (χ2n) is 4.49. The van der Waals surface area contributed by atoms with Gasteiger partial charge in [0.25, 0.3) is 5.91 Å². The maximum Gasteiger partial charge on any atom is 0.266 e. The van der Waals surface area contributed by atoms with Crippen molar-refractivity contribution in [3.05, 3.63) is 63.6 Å². The number of halogens is 2. The van der Waals surface area contributed by atoms with Crippen LogP contribution in [-0.4, -0.2) is 16.1 Å². The molecule has 1 aromatic carbocycles. The van der Waals surface area contributed by atoms with Crippen molar-refractivity contribution in [2.45, 2.75) is 0 Å². The number of rotatable bonds is 4. The number of nitrogens with one attached hydrogen (secondary N) is 2. The number of carbonyl (C=O) groups excluding carboxylic acids is 1. The quantitative estimate of drug-likeness (QED) is 0.736. The summed E-state index contributed by atoms with van der Waals surface area (Å²) in [4.78, 5) is 12.5. The maximum absolute atomic E-state index is 13.1. The SMILES string of the molecule is O=C(Nc1ccc(Nc2ccc(F)c(Cl)c2)nn1)c1cccs1. The first-order valence-corrected chi connectivity index (χ1v) is 7.78. The van der Waals surface area contributed by atoms with Gasteiger partial charge in [-0.05, 0) is 41.8 Å². The molecule has 0 unspecified atom stereocenters. The second-order valence-corrected chi connectivity index (χ2v) is 5.84. The van der Waals surface area contributed by atoms with Crippen LogP contribution in [0.25, 0.3) is 0 Å². The topological polar surface area (TPSA) is 66.9 Å². The molecule has 0 radical (unpaired) electrons. The Morgan fingerprint density at radius 2 is 1.91 bits per heavy atom. The minimum atomic E-state index is -0.491. The first-order valence-electron chi connectivity index (χ1n) is 6.52. The highest BCUT2D eigenvalue weighted by Gasteiger charge is 2.08. The second kappa shape index (κ2) is 6.72. The highest BCUT2D eigenvalue weighted by Crippen LogP contribution is 2.22. The molecule has 0 spiro atoms. The molecule has 2 aromatic heterocycles. The summed E-state index contributed by atoms with van der Waals surface area (Å²) < 4.78 is 13.1. The zero-order valence-electron chi connectivity index (χ0n) is 11.6. The fraction of sp³-hybridized carbons (Fsp3) is 0. The Kier molecular flexibility index (Phi) is 4.50. The highest BCUT2D eigenvalue weighted by atomic mass is 35.5. The molecule has 2 N–H and O–H groups in total. The summed E-state index contributed by atoms with van der Waals surface area (Å²) in [5.41, 5.74) is 0.584. The van der Waals surface area contributed by atoms with Crippen LogP contribution in [0.15, 0.2) is 47.8 Å². The van der Waals surface area contributed by atoms with Crippen molar-refractivity contribution in [1.82, 2.24) is 10.2 Å². The standard InChI is InChI=1S/C15H10ClFN4OS/c16-10-8-9(3-4-11(10)17)18-13-5-6-14(21-20-13)19-15(22)12-2-1-7-23-12/h1-8H,(H,18,20)(H,19,21,22). The van der Waals surface area contributed by atoms with Gasteiger partial charge in [0.15, 0.2) is 11.6 Å². The number of aromatic nitrogens is 2. The smallest absolute Gasteiger partial charge is 0.266 e. The van der Waals surface area contributed by atoms with Gasteiger partial charge in [-0.1, -0.05) is 17.7 Å². The van der Waals surface area contributed by atoms with Gasteiger partial charge in [-0.25, -0.2) is 4.39 Å². The number of hydrogen-bond acceptors (Lipinski definition) is 5. The number of carbonyl (C=O) groups is 1. The van der Waals surface area contributed by atoms with E-state index in [0.29, 0.717) is 22.2 Å². The Bertz CT molecular complexity index is 824. The van der Waals surface area contributed by atoms with Crippen LogP contribution in [0.3, 0.4) is 0 Å². The molecule has 116 valence electrons. The molecular formula is C15H10ClFN4OS. The van der Waals surface area contributed by atoms with Crippen LogP contribution in [0.4, 0.5) is 21.7 Å². The monoisotopic (exact) mass is 348 g/mol. The van der Waals surface area contributed by atoms with E-state index < -0.39 is 5.82 Å². The molecule has 1 amide bonds. The van der Waals surface area contributed by atoms with Crippen molar-refractivity contribution in [1.29, 1.82) is 0 Å². The maximum atomic E-state index is 13.1. The molecule has 0 fully saturated rings. The minimum Gasteiger partial charge on any atom is -0.339 e. The summed E-state index contributed by atoms with van der Waals surface area (Å²) in [5, 5.41) is 15.3. The van der Waals surface area contributed by atoms with Crippen LogP contribution in [0.5, 0.6) is 0 Å². The van der Waals surface area contributed by atoms with E-state index in [1.165, 1.54) is 29.5 Å². The van der Waals surface area contributed by atoms with Gasteiger partial charge in [0.05, 0.1) is 9.90 Å². The Labute approximate surface area is 140 Å². The third-order valence-electron chi connectivity index (χ3n) is 2.84. The fourth-order valence-electron chi connectivity index (χ4n) is 1.77. The summed E-state index contributed by atoms with van der Waals surface area (Å²) in [6.07, 6.45) is 0. The third-order valence-corrected chi connectivity index (χ3v) is 4.00. The molecule has 0 saturated carbocycles. The molecule has 0 aliphatic carbocycles. The van der Waals surface area contributed by atoms with Gasteiger partial charge in [-0.2, -0.15) is 0 Å². The van der Waals surface area contributed by atoms with Gasteiger partial charge in [0.1, 0.15) is 5.82 Å². The zero-order chi connectivity index (χ0) is 16.2. The van der Waals surface area contributed by atoms with Crippen molar-refractivity contribution in [3.63, 3.8) is 0 Å². The van der Waals surface area contributed by atoms with Crippen molar-refractivity contribution < 1.29 is 9.18 Å². The molecule has 3 aromatic rings. The van der Waals surface area contributed by atoms with E-state index >= 15 is 0 Å². The van der Waals surface area contributed by atoms with E-state index in [2.05, 4.69) is 20.8 Å². The lowest BCUT2D eigenvalue weighted by Crippen LogP contribution is -2.12. The van der Waals surface area contributed by atoms with Crippen molar-refractivity contribution in [2.75, 3.05) is 10.6 Å². The van der Waals surface area contributed by atoms with Gasteiger partial charge >= 0.3 is 0 Å². The zero-order valence-corrected chi connectivity index (χ0v) is 13.2. The van der Waals surface area contributed by atoms with E-state index in [4.69, 9.17) is 11.6 Å². The van der Waals surface area contributed by atoms with Crippen LogP contribution in [0, 0.1) is 5.82 Å². The molecule has 3 rings (SSSR count). The molecule has 2 heterocycles. The van der Waals surface area contributed by atoms with Gasteiger partial charge in [-0.15, -0.1) is 21.5 Å². The minimum absolute atomic E-state index is 0.0165. The normalized spacial score (nSPS) is 10.3. The van der Waals surface area contributed by atoms with E-state index in [1.807, 2.05) is 5.38 Å². The van der Waals surface area contributed by atoms with Crippen molar-refractivity contribution in [3.8, 4) is 0 Å². The van der Waals surface area contributed by atoms with Crippen LogP contribution < -0.4 is 10.6 Å². The van der Waals surface area contributed by atoms with Gasteiger partial charge in [-0.3, -0.25) is 4.79 Å². The number of nitrogens with zero attached hydrogens (tertiary/aromatic N) is 2. The van der Waals surface area contributed by atoms with E-state index in [9.17, 15) is 9.18 Å². The summed E-state index contributed by atoms with van der Waals surface area (Å²) >= 11 is 7.06. The Morgan fingerprint density at radius 3 is 2.57 bits per heavy atom. The molecule has 0 saturated heterocycles. The molecule has 8 heteroatoms. The molecule has 23 heavy (non-hydrogen) atoms. The van der Waals surface area contributed by atoms with E-state index in [-0.39, 0.29) is 10.9 Å². The van der Waals surface area contributed by atoms with Crippen LogP contribution in [-0.2, 0) is 0 Å². The van der Waals surface area contributed by atoms with E-state index in [1.54, 1.807) is 24.3 Å². The summed E-state index contributed by atoms with van der Waals surface area (Å²) in [5.74, 6) is 0.0585. The Balaban J connectivity index is 1.67. The predicted octanol–water partition coefficient (Wildman–Crippen LogP) is 4.33. The van der Waals surface area contributed by atoms with Crippen LogP contribution >= 0.6 is 22.9 Å². The molecular weight excluding hydrogens is 339 g/mol. The van der Waals surface area contributed by atoms with Gasteiger partial charge in [0, 0.05) is 5.69 Å². The van der Waals surface area contributed by atoms with Crippen molar-refractivity contribution >= 4 is 46.2 Å². The lowest BCUT2D eigenvalue weighted by atomic mass is 10.3. The number of benzene rings is 1. The lowest BCUT2D eigenvalue weighted by Gasteiger charge is -2.07. The predicted molar refractivity (Wildman–Crippen MR) is 89.0 cm³/mol. The molecule has 5 nitrogen and oxygen atoms in total.